The summed E-state index contributed by atoms with van der Waals surface area (Å²) in [6, 6.07) is 19.7. The summed E-state index contributed by atoms with van der Waals surface area (Å²) in [5, 5.41) is 2.45. The van der Waals surface area contributed by atoms with Gasteiger partial charge in [-0.25, -0.2) is 8.42 Å². The molecule has 4 aromatic rings. The molecule has 1 atom stereocenters. The Kier molecular flexibility index (Phi) is 7.52. The molecule has 0 bridgehead atoms. The zero-order chi connectivity index (χ0) is 30.3. The van der Waals surface area contributed by atoms with Crippen LogP contribution in [-0.4, -0.2) is 20.4 Å². The molecule has 5 nitrogen and oxygen atoms in total. The summed E-state index contributed by atoms with van der Waals surface area (Å²) in [6.45, 7) is -0.471. The number of carbonyl (C=O) groups excluding carboxylic acids is 1. The second kappa shape index (κ2) is 10.8. The van der Waals surface area contributed by atoms with Crippen LogP contribution in [0.15, 0.2) is 102 Å². The second-order valence-corrected chi connectivity index (χ2v) is 11.4. The largest absolute Gasteiger partial charge is 0.416 e. The minimum absolute atomic E-state index is 0.00945. The highest BCUT2D eigenvalue weighted by molar-refractivity contribution is 7.93. The van der Waals surface area contributed by atoms with E-state index < -0.39 is 52.0 Å². The maximum absolute atomic E-state index is 13.9. The first-order chi connectivity index (χ1) is 19.8. The van der Waals surface area contributed by atoms with Crippen LogP contribution < -0.4 is 9.62 Å². The topological polar surface area (TPSA) is 66.5 Å². The summed E-state index contributed by atoms with van der Waals surface area (Å²) in [5.41, 5.74) is -0.556. The Morgan fingerprint density at radius 1 is 0.786 bits per heavy atom. The first-order valence-electron chi connectivity index (χ1n) is 12.6. The molecule has 0 saturated heterocycles. The molecule has 1 aliphatic rings. The van der Waals surface area contributed by atoms with E-state index in [0.717, 1.165) is 22.5 Å². The van der Waals surface area contributed by atoms with Crippen LogP contribution in [-0.2, 0) is 40.1 Å². The quantitative estimate of drug-likeness (QED) is 0.246. The molecule has 1 amide bonds. The number of benzene rings is 4. The van der Waals surface area contributed by atoms with E-state index in [0.29, 0.717) is 11.1 Å². The molecule has 1 N–H and O–H groups in total. The minimum Gasteiger partial charge on any atom is -0.350 e. The molecule has 0 aromatic heterocycles. The average molecular weight is 605 g/mol. The number of para-hydroxylation sites is 1. The van der Waals surface area contributed by atoms with Crippen LogP contribution in [0.5, 0.6) is 0 Å². The number of carbonyl (C=O) groups is 1. The molecule has 12 heteroatoms. The highest BCUT2D eigenvalue weighted by atomic mass is 32.2. The van der Waals surface area contributed by atoms with Gasteiger partial charge in [0.15, 0.2) is 0 Å². The van der Waals surface area contributed by atoms with Crippen molar-refractivity contribution in [2.24, 2.45) is 0 Å². The predicted molar refractivity (Wildman–Crippen MR) is 144 cm³/mol. The molecule has 0 saturated carbocycles. The molecular weight excluding hydrogens is 582 g/mol. The third-order valence-corrected chi connectivity index (χ3v) is 8.78. The van der Waals surface area contributed by atoms with Crippen molar-refractivity contribution in [1.29, 1.82) is 0 Å². The molecule has 1 heterocycles. The highest BCUT2D eigenvalue weighted by Crippen LogP contribution is 2.38. The van der Waals surface area contributed by atoms with Crippen molar-refractivity contribution in [3.63, 3.8) is 0 Å². The standard InChI is InChI=1S/C30H22F6N2O3S/c31-29(32,33)23-9-5-8-20(16-23)19-12-14-24(15-13-19)42(40,41)38-26-11-4-2-6-21(26)17-27(38)28(39)37-18-22-7-1-3-10-25(22)30(34,35)36/h1-16,27H,17-18H2,(H,37,39)/t27-/m0/s1. The van der Waals surface area contributed by atoms with Crippen LogP contribution in [0.2, 0.25) is 0 Å². The molecule has 0 fully saturated rings. The lowest BCUT2D eigenvalue weighted by molar-refractivity contribution is -0.139. The van der Waals surface area contributed by atoms with Gasteiger partial charge in [0.2, 0.25) is 5.91 Å². The van der Waals surface area contributed by atoms with E-state index in [1.165, 1.54) is 60.7 Å². The van der Waals surface area contributed by atoms with Crippen molar-refractivity contribution in [3.8, 4) is 11.1 Å². The Bertz CT molecular complexity index is 1740. The lowest BCUT2D eigenvalue weighted by Crippen LogP contribution is -2.47. The Balaban J connectivity index is 1.43. The van der Waals surface area contributed by atoms with Gasteiger partial charge in [0.1, 0.15) is 6.04 Å². The average Bonchev–Trinajstić information content (AvgIpc) is 3.36. The number of fused-ring (bicyclic) bond motifs is 1. The normalized spacial score (nSPS) is 15.4. The Morgan fingerprint density at radius 3 is 2.14 bits per heavy atom. The summed E-state index contributed by atoms with van der Waals surface area (Å²) in [7, 11) is -4.38. The molecule has 1 aliphatic heterocycles. The fraction of sp³-hybridized carbons (Fsp3) is 0.167. The molecule has 0 unspecified atom stereocenters. The van der Waals surface area contributed by atoms with Crippen LogP contribution in [0.3, 0.4) is 0 Å². The van der Waals surface area contributed by atoms with Gasteiger partial charge in [0.05, 0.1) is 21.7 Å². The molecule has 218 valence electrons. The zero-order valence-corrected chi connectivity index (χ0v) is 22.4. The maximum Gasteiger partial charge on any atom is 0.416 e. The van der Waals surface area contributed by atoms with E-state index in [4.69, 9.17) is 0 Å². The van der Waals surface area contributed by atoms with Gasteiger partial charge in [-0.3, -0.25) is 9.10 Å². The van der Waals surface area contributed by atoms with Gasteiger partial charge < -0.3 is 5.32 Å². The summed E-state index contributed by atoms with van der Waals surface area (Å²) in [4.78, 5) is 13.1. The Hall–Kier alpha value is -4.32. The summed E-state index contributed by atoms with van der Waals surface area (Å²) < 4.78 is 108. The lowest BCUT2D eigenvalue weighted by Gasteiger charge is -2.26. The molecule has 42 heavy (non-hydrogen) atoms. The SMILES string of the molecule is O=C(NCc1ccccc1C(F)(F)F)[C@@H]1Cc2ccccc2N1S(=O)(=O)c1ccc(-c2cccc(C(F)(F)F)c2)cc1. The van der Waals surface area contributed by atoms with Crippen molar-refractivity contribution < 1.29 is 39.6 Å². The third kappa shape index (κ3) is 5.71. The molecule has 0 spiro atoms. The fourth-order valence-electron chi connectivity index (χ4n) is 4.91. The molecule has 5 rings (SSSR count). The van der Waals surface area contributed by atoms with E-state index in [2.05, 4.69) is 5.32 Å². The van der Waals surface area contributed by atoms with E-state index in [-0.39, 0.29) is 28.1 Å². The van der Waals surface area contributed by atoms with Gasteiger partial charge in [-0.15, -0.1) is 0 Å². The lowest BCUT2D eigenvalue weighted by atomic mass is 10.0. The fourth-order valence-corrected chi connectivity index (χ4v) is 6.56. The first-order valence-corrected chi connectivity index (χ1v) is 14.0. The van der Waals surface area contributed by atoms with Crippen molar-refractivity contribution >= 4 is 21.6 Å². The number of anilines is 1. The summed E-state index contributed by atoms with van der Waals surface area (Å²) in [5.74, 6) is -0.785. The van der Waals surface area contributed by atoms with Crippen molar-refractivity contribution in [2.45, 2.75) is 36.3 Å². The van der Waals surface area contributed by atoms with Crippen molar-refractivity contribution in [1.82, 2.24) is 5.32 Å². The second-order valence-electron chi connectivity index (χ2n) is 9.63. The van der Waals surface area contributed by atoms with Crippen LogP contribution >= 0.6 is 0 Å². The number of sulfonamides is 1. The van der Waals surface area contributed by atoms with Gasteiger partial charge in [0, 0.05) is 13.0 Å². The molecule has 0 aliphatic carbocycles. The molecular formula is C30H22F6N2O3S. The number of halogens is 6. The number of rotatable bonds is 6. The highest BCUT2D eigenvalue weighted by Gasteiger charge is 2.42. The van der Waals surface area contributed by atoms with E-state index in [1.54, 1.807) is 18.2 Å². The number of hydrogen-bond donors (Lipinski definition) is 1. The van der Waals surface area contributed by atoms with E-state index in [1.807, 2.05) is 0 Å². The number of hydrogen-bond acceptors (Lipinski definition) is 3. The number of alkyl halides is 6. The smallest absolute Gasteiger partial charge is 0.350 e. The van der Waals surface area contributed by atoms with Gasteiger partial charge in [-0.05, 0) is 58.7 Å². The van der Waals surface area contributed by atoms with Crippen LogP contribution in [0.4, 0.5) is 32.0 Å². The van der Waals surface area contributed by atoms with Gasteiger partial charge in [-0.2, -0.15) is 26.3 Å². The van der Waals surface area contributed by atoms with Gasteiger partial charge in [0.25, 0.3) is 10.0 Å². The van der Waals surface area contributed by atoms with Crippen molar-refractivity contribution in [3.05, 3.63) is 119 Å². The molecule has 0 radical (unpaired) electrons. The summed E-state index contributed by atoms with van der Waals surface area (Å²) in [6.07, 6.45) is -9.20. The van der Waals surface area contributed by atoms with Gasteiger partial charge >= 0.3 is 12.4 Å². The third-order valence-electron chi connectivity index (χ3n) is 6.94. The Morgan fingerprint density at radius 2 is 1.45 bits per heavy atom. The summed E-state index contributed by atoms with van der Waals surface area (Å²) >= 11 is 0. The van der Waals surface area contributed by atoms with E-state index >= 15 is 0 Å². The zero-order valence-electron chi connectivity index (χ0n) is 21.6. The van der Waals surface area contributed by atoms with Crippen LogP contribution in [0.1, 0.15) is 22.3 Å². The number of nitrogens with one attached hydrogen (secondary N) is 1. The monoisotopic (exact) mass is 604 g/mol. The number of amides is 1. The minimum atomic E-state index is -4.64. The Labute approximate surface area is 237 Å². The van der Waals surface area contributed by atoms with E-state index in [9.17, 15) is 39.6 Å². The first kappa shape index (κ1) is 29.2. The van der Waals surface area contributed by atoms with Gasteiger partial charge in [-0.1, -0.05) is 60.7 Å². The molecule has 4 aromatic carbocycles. The number of nitrogens with zero attached hydrogens (tertiary/aromatic N) is 1. The van der Waals surface area contributed by atoms with Crippen LogP contribution in [0.25, 0.3) is 11.1 Å². The maximum atomic E-state index is 13.9. The van der Waals surface area contributed by atoms with Crippen LogP contribution in [0, 0.1) is 0 Å². The van der Waals surface area contributed by atoms with Crippen molar-refractivity contribution in [2.75, 3.05) is 4.31 Å². The predicted octanol–water partition coefficient (Wildman–Crippen LogP) is 6.83.